The molecule has 0 heterocycles. The lowest BCUT2D eigenvalue weighted by Gasteiger charge is -2.06. The maximum absolute atomic E-state index is 12.4. The van der Waals surface area contributed by atoms with E-state index < -0.39 is 33.1 Å². The smallest absolute Gasteiger partial charge is 0.344 e. The third-order valence-electron chi connectivity index (χ3n) is 4.36. The maximum atomic E-state index is 12.4. The van der Waals surface area contributed by atoms with Crippen molar-refractivity contribution in [2.75, 3.05) is 7.11 Å². The number of rotatable bonds is 8. The summed E-state index contributed by atoms with van der Waals surface area (Å²) in [5, 5.41) is 25.9. The highest BCUT2D eigenvalue weighted by molar-refractivity contribution is 5.97. The first-order valence-electron chi connectivity index (χ1n) is 9.51. The van der Waals surface area contributed by atoms with E-state index in [4.69, 9.17) is 9.47 Å². The van der Waals surface area contributed by atoms with E-state index in [-0.39, 0.29) is 16.9 Å². The number of nitro benzene ring substituents is 2. The topological polar surface area (TPSA) is 163 Å². The second-order valence-electron chi connectivity index (χ2n) is 6.61. The molecule has 0 saturated heterocycles. The number of hydrazone groups is 1. The van der Waals surface area contributed by atoms with Gasteiger partial charge in [0.05, 0.1) is 40.4 Å². The van der Waals surface area contributed by atoms with Gasteiger partial charge in [0, 0.05) is 12.1 Å². The summed E-state index contributed by atoms with van der Waals surface area (Å²) in [5.74, 6) is -1.08. The van der Waals surface area contributed by atoms with Crippen molar-refractivity contribution >= 4 is 29.5 Å². The van der Waals surface area contributed by atoms with Crippen molar-refractivity contribution in [1.29, 1.82) is 0 Å². The molecule has 0 aromatic heterocycles. The molecule has 0 saturated carbocycles. The van der Waals surface area contributed by atoms with Crippen molar-refractivity contribution in [3.63, 3.8) is 0 Å². The average Bonchev–Trinajstić information content (AvgIpc) is 2.83. The molecule has 12 nitrogen and oxygen atoms in total. The number of esters is 1. The minimum Gasteiger partial charge on any atom is -0.496 e. The van der Waals surface area contributed by atoms with Crippen LogP contribution < -0.4 is 14.9 Å². The molecule has 0 radical (unpaired) electrons. The number of methoxy groups -OCH3 is 1. The van der Waals surface area contributed by atoms with Gasteiger partial charge >= 0.3 is 5.97 Å². The van der Waals surface area contributed by atoms with Gasteiger partial charge in [-0.05, 0) is 29.8 Å². The van der Waals surface area contributed by atoms with E-state index in [9.17, 15) is 29.8 Å². The minimum absolute atomic E-state index is 0.0548. The summed E-state index contributed by atoms with van der Waals surface area (Å²) in [6.07, 6.45) is 1.31. The summed E-state index contributed by atoms with van der Waals surface area (Å²) in [6.45, 7) is 0. The molecule has 12 heteroatoms. The number of benzene rings is 3. The van der Waals surface area contributed by atoms with Crippen molar-refractivity contribution in [2.24, 2.45) is 5.10 Å². The van der Waals surface area contributed by atoms with Crippen molar-refractivity contribution in [1.82, 2.24) is 5.43 Å². The zero-order valence-electron chi connectivity index (χ0n) is 17.5. The van der Waals surface area contributed by atoms with Crippen LogP contribution >= 0.6 is 0 Å². The Kier molecular flexibility index (Phi) is 7.24. The summed E-state index contributed by atoms with van der Waals surface area (Å²) >= 11 is 0. The number of ether oxygens (including phenoxy) is 2. The fraction of sp³-hybridized carbons (Fsp3) is 0.0455. The van der Waals surface area contributed by atoms with Gasteiger partial charge in [0.1, 0.15) is 11.5 Å². The third-order valence-corrected chi connectivity index (χ3v) is 4.36. The molecule has 0 atom stereocenters. The zero-order chi connectivity index (χ0) is 24.7. The number of amides is 1. The summed E-state index contributed by atoms with van der Waals surface area (Å²) in [6, 6.07) is 15.1. The van der Waals surface area contributed by atoms with E-state index >= 15 is 0 Å². The van der Waals surface area contributed by atoms with Crippen LogP contribution in [0.4, 0.5) is 11.4 Å². The largest absolute Gasteiger partial charge is 0.496 e. The SMILES string of the molecule is COc1ccccc1C(=O)N/N=C/c1cccc(OC(=O)c2cc([N+](=O)[O-])cc([N+](=O)[O-])c2)c1. The maximum Gasteiger partial charge on any atom is 0.344 e. The van der Waals surface area contributed by atoms with Crippen LogP contribution in [0.15, 0.2) is 71.8 Å². The number of carbonyl (C=O) groups excluding carboxylic acids is 2. The first kappa shape index (κ1) is 23.5. The number of nitrogens with one attached hydrogen (secondary N) is 1. The van der Waals surface area contributed by atoms with Crippen LogP contribution in [0.5, 0.6) is 11.5 Å². The van der Waals surface area contributed by atoms with E-state index in [2.05, 4.69) is 10.5 Å². The molecule has 0 unspecified atom stereocenters. The van der Waals surface area contributed by atoms with E-state index in [0.717, 1.165) is 18.2 Å². The number of nitrogens with zero attached hydrogens (tertiary/aromatic N) is 3. The van der Waals surface area contributed by atoms with Gasteiger partial charge in [0.15, 0.2) is 0 Å². The monoisotopic (exact) mass is 464 g/mol. The van der Waals surface area contributed by atoms with Crippen LogP contribution in [0.1, 0.15) is 26.3 Å². The molecular weight excluding hydrogens is 448 g/mol. The van der Waals surface area contributed by atoms with E-state index in [1.807, 2.05) is 0 Å². The molecule has 0 bridgehead atoms. The highest BCUT2D eigenvalue weighted by atomic mass is 16.6. The summed E-state index contributed by atoms with van der Waals surface area (Å²) in [5.41, 5.74) is 1.51. The Morgan fingerprint density at radius 1 is 0.941 bits per heavy atom. The molecule has 3 aromatic carbocycles. The second-order valence-corrected chi connectivity index (χ2v) is 6.61. The van der Waals surface area contributed by atoms with Crippen LogP contribution in [-0.2, 0) is 0 Å². The van der Waals surface area contributed by atoms with Crippen LogP contribution in [-0.4, -0.2) is 35.0 Å². The molecule has 3 rings (SSSR count). The lowest BCUT2D eigenvalue weighted by atomic mass is 10.1. The van der Waals surface area contributed by atoms with Gasteiger partial charge in [-0.3, -0.25) is 25.0 Å². The van der Waals surface area contributed by atoms with Gasteiger partial charge in [0.25, 0.3) is 17.3 Å². The number of hydrogen-bond donors (Lipinski definition) is 1. The zero-order valence-corrected chi connectivity index (χ0v) is 17.5. The first-order chi connectivity index (χ1) is 16.3. The number of para-hydroxylation sites is 1. The first-order valence-corrected chi connectivity index (χ1v) is 9.51. The van der Waals surface area contributed by atoms with E-state index in [0.29, 0.717) is 11.3 Å². The average molecular weight is 464 g/mol. The molecule has 0 fully saturated rings. The molecule has 0 aliphatic carbocycles. The predicted molar refractivity (Wildman–Crippen MR) is 119 cm³/mol. The molecule has 3 aromatic rings. The molecule has 34 heavy (non-hydrogen) atoms. The Labute approximate surface area is 191 Å². The van der Waals surface area contributed by atoms with Gasteiger partial charge in [-0.25, -0.2) is 10.2 Å². The predicted octanol–water partition coefficient (Wildman–Crippen LogP) is 3.49. The summed E-state index contributed by atoms with van der Waals surface area (Å²) < 4.78 is 10.3. The van der Waals surface area contributed by atoms with E-state index in [1.54, 1.807) is 36.4 Å². The van der Waals surface area contributed by atoms with Crippen molar-refractivity contribution in [3.8, 4) is 11.5 Å². The molecule has 1 amide bonds. The highest BCUT2D eigenvalue weighted by Crippen LogP contribution is 2.24. The Bertz CT molecular complexity index is 1270. The van der Waals surface area contributed by atoms with Crippen molar-refractivity contribution in [2.45, 2.75) is 0 Å². The normalized spacial score (nSPS) is 10.5. The molecule has 1 N–H and O–H groups in total. The second kappa shape index (κ2) is 10.5. The number of carbonyl (C=O) groups is 2. The van der Waals surface area contributed by atoms with Crippen LogP contribution in [0.25, 0.3) is 0 Å². The Morgan fingerprint density at radius 2 is 1.62 bits per heavy atom. The number of non-ortho nitro benzene ring substituents is 2. The lowest BCUT2D eigenvalue weighted by Crippen LogP contribution is -2.18. The van der Waals surface area contributed by atoms with Gasteiger partial charge in [-0.1, -0.05) is 24.3 Å². The minimum atomic E-state index is -1.02. The standard InChI is InChI=1S/C22H16N4O8/c1-33-20-8-3-2-7-19(20)21(27)24-23-13-14-5-4-6-18(9-14)34-22(28)15-10-16(25(29)30)12-17(11-15)26(31)32/h2-13H,1H3,(H,24,27)/b23-13+. The fourth-order valence-corrected chi connectivity index (χ4v) is 2.81. The highest BCUT2D eigenvalue weighted by Gasteiger charge is 2.21. The molecule has 0 aliphatic rings. The summed E-state index contributed by atoms with van der Waals surface area (Å²) in [4.78, 5) is 45.0. The van der Waals surface area contributed by atoms with Gasteiger partial charge < -0.3 is 9.47 Å². The molecule has 0 spiro atoms. The van der Waals surface area contributed by atoms with Gasteiger partial charge in [-0.15, -0.1) is 0 Å². The molecule has 172 valence electrons. The van der Waals surface area contributed by atoms with Crippen LogP contribution in [0.3, 0.4) is 0 Å². The number of hydrogen-bond acceptors (Lipinski definition) is 9. The lowest BCUT2D eigenvalue weighted by molar-refractivity contribution is -0.394. The Hall–Kier alpha value is -5.13. The third kappa shape index (κ3) is 5.76. The Morgan fingerprint density at radius 3 is 2.26 bits per heavy atom. The Balaban J connectivity index is 1.72. The van der Waals surface area contributed by atoms with Crippen LogP contribution in [0.2, 0.25) is 0 Å². The van der Waals surface area contributed by atoms with E-state index in [1.165, 1.54) is 25.5 Å². The molecular formula is C22H16N4O8. The fourth-order valence-electron chi connectivity index (χ4n) is 2.81. The van der Waals surface area contributed by atoms with Crippen molar-refractivity contribution < 1.29 is 28.9 Å². The van der Waals surface area contributed by atoms with Gasteiger partial charge in [-0.2, -0.15) is 5.10 Å². The summed E-state index contributed by atoms with van der Waals surface area (Å²) in [7, 11) is 1.44. The van der Waals surface area contributed by atoms with Crippen molar-refractivity contribution in [3.05, 3.63) is 104 Å². The van der Waals surface area contributed by atoms with Crippen LogP contribution in [0, 0.1) is 20.2 Å². The number of nitro groups is 2. The van der Waals surface area contributed by atoms with Gasteiger partial charge in [0.2, 0.25) is 0 Å². The molecule has 0 aliphatic heterocycles. The quantitative estimate of drug-likeness (QED) is 0.174.